The van der Waals surface area contributed by atoms with Crippen LogP contribution in [0, 0.1) is 6.92 Å². The summed E-state index contributed by atoms with van der Waals surface area (Å²) in [6.45, 7) is 5.03. The van der Waals surface area contributed by atoms with Gasteiger partial charge in [0.2, 0.25) is 0 Å². The van der Waals surface area contributed by atoms with Gasteiger partial charge in [0, 0.05) is 11.0 Å². The van der Waals surface area contributed by atoms with Crippen molar-refractivity contribution in [1.82, 2.24) is 4.98 Å². The van der Waals surface area contributed by atoms with E-state index in [4.69, 9.17) is 5.73 Å². The van der Waals surface area contributed by atoms with E-state index in [1.54, 1.807) is 0 Å². The standard InChI is InChI=1S/C10H16BrN3/c1-3-4-5-13-9-6-8(11)7(2)14-10(9)12/h6,13H,3-5H2,1-2H3,(H2,12,14). The Labute approximate surface area is 93.2 Å². The molecule has 0 radical (unpaired) electrons. The van der Waals surface area contributed by atoms with E-state index in [1.807, 2.05) is 13.0 Å². The van der Waals surface area contributed by atoms with Crippen LogP contribution >= 0.6 is 15.9 Å². The van der Waals surface area contributed by atoms with Gasteiger partial charge in [0.05, 0.1) is 11.4 Å². The largest absolute Gasteiger partial charge is 0.382 e. The third kappa shape index (κ3) is 2.87. The molecular formula is C10H16BrN3. The van der Waals surface area contributed by atoms with Crippen LogP contribution in [0.3, 0.4) is 0 Å². The van der Waals surface area contributed by atoms with Crippen molar-refractivity contribution in [3.8, 4) is 0 Å². The van der Waals surface area contributed by atoms with Crippen LogP contribution in [0.15, 0.2) is 10.5 Å². The molecule has 0 aliphatic carbocycles. The number of halogens is 1. The number of nitrogen functional groups attached to an aromatic ring is 1. The first kappa shape index (κ1) is 11.3. The summed E-state index contributed by atoms with van der Waals surface area (Å²) in [4.78, 5) is 4.22. The lowest BCUT2D eigenvalue weighted by Crippen LogP contribution is -2.06. The molecular weight excluding hydrogens is 242 g/mol. The van der Waals surface area contributed by atoms with E-state index in [1.165, 1.54) is 6.42 Å². The fourth-order valence-electron chi connectivity index (χ4n) is 1.14. The van der Waals surface area contributed by atoms with Crippen LogP contribution in [0.1, 0.15) is 25.5 Å². The first-order valence-electron chi connectivity index (χ1n) is 4.81. The molecule has 1 rings (SSSR count). The van der Waals surface area contributed by atoms with E-state index in [2.05, 4.69) is 33.2 Å². The number of unbranched alkanes of at least 4 members (excludes halogenated alkanes) is 1. The second kappa shape index (κ2) is 5.20. The number of aryl methyl sites for hydroxylation is 1. The number of pyridine rings is 1. The topological polar surface area (TPSA) is 50.9 Å². The zero-order valence-corrected chi connectivity index (χ0v) is 10.2. The number of nitrogens with one attached hydrogen (secondary N) is 1. The van der Waals surface area contributed by atoms with Crippen molar-refractivity contribution in [3.63, 3.8) is 0 Å². The van der Waals surface area contributed by atoms with E-state index < -0.39 is 0 Å². The molecule has 0 aliphatic heterocycles. The van der Waals surface area contributed by atoms with Crippen molar-refractivity contribution in [2.75, 3.05) is 17.6 Å². The van der Waals surface area contributed by atoms with Crippen LogP contribution in [0.2, 0.25) is 0 Å². The highest BCUT2D eigenvalue weighted by Gasteiger charge is 2.03. The first-order chi connectivity index (χ1) is 6.65. The SMILES string of the molecule is CCCCNc1cc(Br)c(C)nc1N. The van der Waals surface area contributed by atoms with Gasteiger partial charge in [0.25, 0.3) is 0 Å². The fraction of sp³-hybridized carbons (Fsp3) is 0.500. The summed E-state index contributed by atoms with van der Waals surface area (Å²) in [5.74, 6) is 0.571. The normalized spacial score (nSPS) is 10.2. The molecule has 0 saturated heterocycles. The lowest BCUT2D eigenvalue weighted by molar-refractivity contribution is 0.834. The monoisotopic (exact) mass is 257 g/mol. The molecule has 0 fully saturated rings. The zero-order valence-electron chi connectivity index (χ0n) is 8.60. The van der Waals surface area contributed by atoms with Gasteiger partial charge in [0.1, 0.15) is 5.82 Å². The Hall–Kier alpha value is -0.770. The maximum atomic E-state index is 5.78. The molecule has 0 aliphatic rings. The van der Waals surface area contributed by atoms with Crippen LogP contribution in [0.4, 0.5) is 11.5 Å². The Morgan fingerprint density at radius 2 is 2.29 bits per heavy atom. The number of nitrogens with two attached hydrogens (primary N) is 1. The Bertz CT molecular complexity index is 312. The molecule has 0 atom stereocenters. The quantitative estimate of drug-likeness (QED) is 0.816. The van der Waals surface area contributed by atoms with Gasteiger partial charge in [0.15, 0.2) is 0 Å². The number of hydrogen-bond acceptors (Lipinski definition) is 3. The number of hydrogen-bond donors (Lipinski definition) is 2. The highest BCUT2D eigenvalue weighted by Crippen LogP contribution is 2.23. The molecule has 1 aromatic rings. The average molecular weight is 258 g/mol. The Balaban J connectivity index is 2.72. The second-order valence-corrected chi connectivity index (χ2v) is 4.12. The van der Waals surface area contributed by atoms with Gasteiger partial charge in [-0.2, -0.15) is 0 Å². The first-order valence-corrected chi connectivity index (χ1v) is 5.61. The van der Waals surface area contributed by atoms with Crippen LogP contribution < -0.4 is 11.1 Å². The molecule has 0 amide bonds. The third-order valence-corrected chi connectivity index (χ3v) is 2.83. The molecule has 78 valence electrons. The highest BCUT2D eigenvalue weighted by molar-refractivity contribution is 9.10. The Kier molecular flexibility index (Phi) is 4.20. The highest BCUT2D eigenvalue weighted by atomic mass is 79.9. The lowest BCUT2D eigenvalue weighted by Gasteiger charge is -2.09. The van der Waals surface area contributed by atoms with Crippen LogP contribution in [0.25, 0.3) is 0 Å². The maximum Gasteiger partial charge on any atom is 0.147 e. The van der Waals surface area contributed by atoms with Gasteiger partial charge in [-0.25, -0.2) is 4.98 Å². The van der Waals surface area contributed by atoms with E-state index >= 15 is 0 Å². The predicted molar refractivity (Wildman–Crippen MR) is 64.5 cm³/mol. The van der Waals surface area contributed by atoms with E-state index in [0.717, 1.165) is 28.8 Å². The number of anilines is 2. The average Bonchev–Trinajstić information content (AvgIpc) is 2.14. The van der Waals surface area contributed by atoms with Crippen LogP contribution in [0.5, 0.6) is 0 Å². The maximum absolute atomic E-state index is 5.78. The lowest BCUT2D eigenvalue weighted by atomic mass is 10.3. The summed E-state index contributed by atoms with van der Waals surface area (Å²) in [6.07, 6.45) is 2.32. The molecule has 3 nitrogen and oxygen atoms in total. The van der Waals surface area contributed by atoms with E-state index in [0.29, 0.717) is 5.82 Å². The number of rotatable bonds is 4. The zero-order chi connectivity index (χ0) is 10.6. The number of aromatic nitrogens is 1. The molecule has 3 N–H and O–H groups in total. The summed E-state index contributed by atoms with van der Waals surface area (Å²) in [5.41, 5.74) is 7.61. The van der Waals surface area contributed by atoms with Crippen molar-refractivity contribution in [2.45, 2.75) is 26.7 Å². The van der Waals surface area contributed by atoms with Gasteiger partial charge in [-0.15, -0.1) is 0 Å². The summed E-state index contributed by atoms with van der Waals surface area (Å²) >= 11 is 3.43. The summed E-state index contributed by atoms with van der Waals surface area (Å²) in [6, 6.07) is 1.98. The third-order valence-electron chi connectivity index (χ3n) is 2.03. The van der Waals surface area contributed by atoms with Gasteiger partial charge < -0.3 is 11.1 Å². The van der Waals surface area contributed by atoms with Gasteiger partial charge in [-0.05, 0) is 35.3 Å². The molecule has 0 bridgehead atoms. The molecule has 1 heterocycles. The minimum Gasteiger partial charge on any atom is -0.382 e. The molecule has 0 aromatic carbocycles. The van der Waals surface area contributed by atoms with E-state index in [-0.39, 0.29) is 0 Å². The second-order valence-electron chi connectivity index (χ2n) is 3.27. The summed E-state index contributed by atoms with van der Waals surface area (Å²) in [7, 11) is 0. The van der Waals surface area contributed by atoms with Crippen molar-refractivity contribution in [1.29, 1.82) is 0 Å². The Morgan fingerprint density at radius 1 is 1.57 bits per heavy atom. The fourth-order valence-corrected chi connectivity index (χ4v) is 1.46. The van der Waals surface area contributed by atoms with Crippen molar-refractivity contribution < 1.29 is 0 Å². The van der Waals surface area contributed by atoms with Gasteiger partial charge in [-0.1, -0.05) is 13.3 Å². The van der Waals surface area contributed by atoms with Gasteiger partial charge in [-0.3, -0.25) is 0 Å². The predicted octanol–water partition coefficient (Wildman–Crippen LogP) is 2.95. The smallest absolute Gasteiger partial charge is 0.147 e. The van der Waals surface area contributed by atoms with Crippen molar-refractivity contribution >= 4 is 27.4 Å². The van der Waals surface area contributed by atoms with Crippen LogP contribution in [-0.4, -0.2) is 11.5 Å². The molecule has 0 saturated carbocycles. The van der Waals surface area contributed by atoms with Crippen molar-refractivity contribution in [2.24, 2.45) is 0 Å². The minimum atomic E-state index is 0.571. The Morgan fingerprint density at radius 3 is 2.93 bits per heavy atom. The van der Waals surface area contributed by atoms with Crippen molar-refractivity contribution in [3.05, 3.63) is 16.2 Å². The summed E-state index contributed by atoms with van der Waals surface area (Å²) in [5, 5.41) is 3.26. The number of nitrogens with zero attached hydrogens (tertiary/aromatic N) is 1. The molecule has 1 aromatic heterocycles. The summed E-state index contributed by atoms with van der Waals surface area (Å²) < 4.78 is 0.991. The minimum absolute atomic E-state index is 0.571. The molecule has 0 spiro atoms. The van der Waals surface area contributed by atoms with E-state index in [9.17, 15) is 0 Å². The molecule has 4 heteroatoms. The van der Waals surface area contributed by atoms with Crippen LogP contribution in [-0.2, 0) is 0 Å². The molecule has 14 heavy (non-hydrogen) atoms. The molecule has 0 unspecified atom stereocenters. The van der Waals surface area contributed by atoms with Gasteiger partial charge >= 0.3 is 0 Å².